The SMILES string of the molecule is CCOC1C=CC(/C(N)=C\C2=CC=CCC2)=CC1. The highest BCUT2D eigenvalue weighted by Gasteiger charge is 2.09. The Balaban J connectivity index is 2.00. The number of hydrogen-bond acceptors (Lipinski definition) is 2. The lowest BCUT2D eigenvalue weighted by atomic mass is 9.98. The van der Waals surface area contributed by atoms with E-state index >= 15 is 0 Å². The second-order valence-electron chi connectivity index (χ2n) is 4.56. The van der Waals surface area contributed by atoms with Crippen LogP contribution >= 0.6 is 0 Å². The Kier molecular flexibility index (Phi) is 4.59. The summed E-state index contributed by atoms with van der Waals surface area (Å²) in [5.74, 6) is 0. The van der Waals surface area contributed by atoms with Gasteiger partial charge in [-0.05, 0) is 43.4 Å². The maximum absolute atomic E-state index is 6.13. The monoisotopic (exact) mass is 243 g/mol. The average molecular weight is 243 g/mol. The van der Waals surface area contributed by atoms with Crippen molar-refractivity contribution in [3.05, 3.63) is 59.4 Å². The fraction of sp³-hybridized carbons (Fsp3) is 0.375. The standard InChI is InChI=1S/C16H21NO/c1-2-18-15-10-8-14(9-11-15)16(17)12-13-6-4-3-5-7-13/h3-4,6,8-10,12,15H,2,5,7,11,17H2,1H3/b16-12+. The average Bonchev–Trinajstić information content (AvgIpc) is 2.41. The molecule has 0 bridgehead atoms. The number of nitrogens with two attached hydrogens (primary N) is 1. The van der Waals surface area contributed by atoms with E-state index in [9.17, 15) is 0 Å². The van der Waals surface area contributed by atoms with Gasteiger partial charge in [-0.25, -0.2) is 0 Å². The van der Waals surface area contributed by atoms with Crippen molar-refractivity contribution in [2.24, 2.45) is 5.73 Å². The van der Waals surface area contributed by atoms with Gasteiger partial charge in [0, 0.05) is 12.3 Å². The Morgan fingerprint density at radius 3 is 3.06 bits per heavy atom. The molecule has 2 rings (SSSR count). The molecule has 1 atom stereocenters. The third-order valence-electron chi connectivity index (χ3n) is 3.16. The largest absolute Gasteiger partial charge is 0.398 e. The first-order chi connectivity index (χ1) is 8.79. The van der Waals surface area contributed by atoms with Gasteiger partial charge in [-0.15, -0.1) is 0 Å². The lowest BCUT2D eigenvalue weighted by Crippen LogP contribution is -2.13. The summed E-state index contributed by atoms with van der Waals surface area (Å²) >= 11 is 0. The van der Waals surface area contributed by atoms with Gasteiger partial charge in [0.15, 0.2) is 0 Å². The molecule has 0 saturated carbocycles. The molecule has 0 fully saturated rings. The van der Waals surface area contributed by atoms with E-state index in [1.807, 2.05) is 6.92 Å². The van der Waals surface area contributed by atoms with E-state index in [-0.39, 0.29) is 6.10 Å². The van der Waals surface area contributed by atoms with Crippen LogP contribution in [-0.4, -0.2) is 12.7 Å². The molecule has 0 radical (unpaired) electrons. The first-order valence-electron chi connectivity index (χ1n) is 6.63. The van der Waals surface area contributed by atoms with Crippen molar-refractivity contribution in [1.29, 1.82) is 0 Å². The Morgan fingerprint density at radius 2 is 2.44 bits per heavy atom. The quantitative estimate of drug-likeness (QED) is 0.821. The van der Waals surface area contributed by atoms with Crippen LogP contribution in [0, 0.1) is 0 Å². The van der Waals surface area contributed by atoms with Crippen LogP contribution in [0.15, 0.2) is 59.4 Å². The highest BCUT2D eigenvalue weighted by molar-refractivity contribution is 5.44. The molecule has 0 amide bonds. The van der Waals surface area contributed by atoms with Crippen LogP contribution in [0.3, 0.4) is 0 Å². The third kappa shape index (κ3) is 3.47. The van der Waals surface area contributed by atoms with Crippen LogP contribution in [-0.2, 0) is 4.74 Å². The van der Waals surface area contributed by atoms with Crippen molar-refractivity contribution in [3.8, 4) is 0 Å². The summed E-state index contributed by atoms with van der Waals surface area (Å²) in [6.45, 7) is 2.77. The molecule has 1 unspecified atom stereocenters. The van der Waals surface area contributed by atoms with E-state index in [1.165, 1.54) is 5.57 Å². The molecule has 0 aromatic rings. The van der Waals surface area contributed by atoms with Gasteiger partial charge in [-0.2, -0.15) is 0 Å². The van der Waals surface area contributed by atoms with Gasteiger partial charge in [-0.1, -0.05) is 36.5 Å². The molecule has 2 aliphatic carbocycles. The fourth-order valence-corrected chi connectivity index (χ4v) is 2.18. The molecule has 0 aliphatic heterocycles. The molecule has 18 heavy (non-hydrogen) atoms. The van der Waals surface area contributed by atoms with Crippen LogP contribution in [0.1, 0.15) is 26.2 Å². The summed E-state index contributed by atoms with van der Waals surface area (Å²) in [5.41, 5.74) is 9.40. The van der Waals surface area contributed by atoms with Gasteiger partial charge in [-0.3, -0.25) is 0 Å². The van der Waals surface area contributed by atoms with E-state index in [4.69, 9.17) is 10.5 Å². The van der Waals surface area contributed by atoms with Gasteiger partial charge < -0.3 is 10.5 Å². The van der Waals surface area contributed by atoms with E-state index < -0.39 is 0 Å². The zero-order valence-electron chi connectivity index (χ0n) is 10.9. The zero-order chi connectivity index (χ0) is 12.8. The molecule has 0 spiro atoms. The zero-order valence-corrected chi connectivity index (χ0v) is 10.9. The smallest absolute Gasteiger partial charge is 0.0793 e. The summed E-state index contributed by atoms with van der Waals surface area (Å²) in [6, 6.07) is 0. The van der Waals surface area contributed by atoms with Crippen LogP contribution in [0.5, 0.6) is 0 Å². The second kappa shape index (κ2) is 6.41. The summed E-state index contributed by atoms with van der Waals surface area (Å²) < 4.78 is 5.55. The van der Waals surface area contributed by atoms with E-state index in [2.05, 4.69) is 42.5 Å². The maximum atomic E-state index is 6.13. The molecular formula is C16H21NO. The van der Waals surface area contributed by atoms with Crippen molar-refractivity contribution in [2.45, 2.75) is 32.3 Å². The first-order valence-corrected chi connectivity index (χ1v) is 6.63. The molecule has 0 aromatic carbocycles. The lowest BCUT2D eigenvalue weighted by molar-refractivity contribution is 0.0976. The molecule has 0 aromatic heterocycles. The predicted octanol–water partition coefficient (Wildman–Crippen LogP) is 3.40. The van der Waals surface area contributed by atoms with Crippen LogP contribution in [0.25, 0.3) is 0 Å². The van der Waals surface area contributed by atoms with E-state index in [1.54, 1.807) is 0 Å². The van der Waals surface area contributed by atoms with Gasteiger partial charge >= 0.3 is 0 Å². The Morgan fingerprint density at radius 1 is 1.56 bits per heavy atom. The minimum atomic E-state index is 0.211. The van der Waals surface area contributed by atoms with E-state index in [0.29, 0.717) is 0 Å². The van der Waals surface area contributed by atoms with Crippen LogP contribution in [0.4, 0.5) is 0 Å². The van der Waals surface area contributed by atoms with Crippen molar-refractivity contribution < 1.29 is 4.74 Å². The van der Waals surface area contributed by atoms with Gasteiger partial charge in [0.2, 0.25) is 0 Å². The Hall–Kier alpha value is -1.54. The van der Waals surface area contributed by atoms with Crippen molar-refractivity contribution in [2.75, 3.05) is 6.61 Å². The first kappa shape index (κ1) is 12.9. The van der Waals surface area contributed by atoms with Crippen LogP contribution in [0.2, 0.25) is 0 Å². The van der Waals surface area contributed by atoms with Crippen molar-refractivity contribution in [1.82, 2.24) is 0 Å². The Bertz CT molecular complexity index is 438. The second-order valence-corrected chi connectivity index (χ2v) is 4.56. The molecule has 2 N–H and O–H groups in total. The molecule has 2 nitrogen and oxygen atoms in total. The highest BCUT2D eigenvalue weighted by atomic mass is 16.5. The van der Waals surface area contributed by atoms with Gasteiger partial charge in [0.05, 0.1) is 6.10 Å². The molecule has 96 valence electrons. The number of allylic oxidation sites excluding steroid dienone is 6. The topological polar surface area (TPSA) is 35.2 Å². The van der Waals surface area contributed by atoms with Crippen LogP contribution < -0.4 is 5.73 Å². The van der Waals surface area contributed by atoms with Gasteiger partial charge in [0.1, 0.15) is 0 Å². The molecule has 0 saturated heterocycles. The Labute approximate surface area is 109 Å². The third-order valence-corrected chi connectivity index (χ3v) is 3.16. The normalized spacial score (nSPS) is 23.8. The van der Waals surface area contributed by atoms with E-state index in [0.717, 1.165) is 37.1 Å². The molecular weight excluding hydrogens is 222 g/mol. The maximum Gasteiger partial charge on any atom is 0.0793 e. The van der Waals surface area contributed by atoms with Gasteiger partial charge in [0.25, 0.3) is 0 Å². The number of rotatable bonds is 4. The van der Waals surface area contributed by atoms with Crippen molar-refractivity contribution >= 4 is 0 Å². The number of hydrogen-bond donors (Lipinski definition) is 1. The summed E-state index contributed by atoms with van der Waals surface area (Å²) in [5, 5.41) is 0. The molecule has 2 aliphatic rings. The summed E-state index contributed by atoms with van der Waals surface area (Å²) in [4.78, 5) is 0. The number of ether oxygens (including phenoxy) is 1. The summed E-state index contributed by atoms with van der Waals surface area (Å²) in [7, 11) is 0. The predicted molar refractivity (Wildman–Crippen MR) is 76.0 cm³/mol. The highest BCUT2D eigenvalue weighted by Crippen LogP contribution is 2.20. The minimum absolute atomic E-state index is 0.211. The fourth-order valence-electron chi connectivity index (χ4n) is 2.18. The summed E-state index contributed by atoms with van der Waals surface area (Å²) in [6.07, 6.45) is 18.1. The van der Waals surface area contributed by atoms with Crippen molar-refractivity contribution in [3.63, 3.8) is 0 Å². The molecule has 0 heterocycles. The molecule has 2 heteroatoms. The minimum Gasteiger partial charge on any atom is -0.398 e. The lowest BCUT2D eigenvalue weighted by Gasteiger charge is -2.16.